The summed E-state index contributed by atoms with van der Waals surface area (Å²) in [5, 5.41) is 14.8. The lowest BCUT2D eigenvalue weighted by atomic mass is 10.0. The van der Waals surface area contributed by atoms with E-state index in [1.807, 2.05) is 17.5 Å². The van der Waals surface area contributed by atoms with Crippen molar-refractivity contribution >= 4 is 34.8 Å². The molecule has 0 aliphatic rings. The lowest BCUT2D eigenvalue weighted by Crippen LogP contribution is -2.32. The number of carbonyl (C=O) groups is 2. The van der Waals surface area contributed by atoms with Gasteiger partial charge in [0.05, 0.1) is 17.4 Å². The molecule has 5 nitrogen and oxygen atoms in total. The van der Waals surface area contributed by atoms with Crippen LogP contribution in [0, 0.1) is 24.2 Å². The van der Waals surface area contributed by atoms with E-state index < -0.39 is 0 Å². The fourth-order valence-electron chi connectivity index (χ4n) is 2.51. The summed E-state index contributed by atoms with van der Waals surface area (Å²) >= 11 is 2.83. The van der Waals surface area contributed by atoms with Crippen LogP contribution in [0.15, 0.2) is 28.6 Å². The van der Waals surface area contributed by atoms with Crippen LogP contribution in [0.2, 0.25) is 0 Å². The zero-order valence-electron chi connectivity index (χ0n) is 15.2. The molecule has 1 N–H and O–H groups in total. The van der Waals surface area contributed by atoms with Crippen molar-refractivity contribution in [3.8, 4) is 6.07 Å². The van der Waals surface area contributed by atoms with E-state index >= 15 is 0 Å². The van der Waals surface area contributed by atoms with Crippen molar-refractivity contribution in [1.29, 1.82) is 5.26 Å². The number of hydrogen-bond acceptors (Lipinski definition) is 6. The Kier molecular flexibility index (Phi) is 6.95. The van der Waals surface area contributed by atoms with Crippen molar-refractivity contribution in [3.05, 3.63) is 45.3 Å². The van der Waals surface area contributed by atoms with Crippen molar-refractivity contribution in [2.75, 3.05) is 5.75 Å². The number of thioether (sulfide) groups is 1. The lowest BCUT2D eigenvalue weighted by Gasteiger charge is -2.21. The van der Waals surface area contributed by atoms with Gasteiger partial charge in [0.25, 0.3) is 0 Å². The second-order valence-electron chi connectivity index (χ2n) is 6.24. The highest BCUT2D eigenvalue weighted by atomic mass is 32.2. The SMILES string of the molecule is CC(=O)c1cc(C#N)c(SCC(=O)NC(c2cccs2)C(C)C)nc1C. The number of nitriles is 1. The number of carbonyl (C=O) groups excluding carboxylic acids is 2. The average Bonchev–Trinajstić information content (AvgIpc) is 3.11. The fraction of sp³-hybridized carbons (Fsp3) is 0.368. The number of ketones is 1. The quantitative estimate of drug-likeness (QED) is 0.570. The summed E-state index contributed by atoms with van der Waals surface area (Å²) in [6.07, 6.45) is 0. The molecule has 2 heterocycles. The molecule has 0 bridgehead atoms. The first kappa shape index (κ1) is 20.1. The van der Waals surface area contributed by atoms with Crippen LogP contribution >= 0.6 is 23.1 Å². The third-order valence-corrected chi connectivity index (χ3v) is 5.80. The van der Waals surface area contributed by atoms with E-state index in [0.29, 0.717) is 21.8 Å². The van der Waals surface area contributed by atoms with Crippen LogP contribution in [-0.4, -0.2) is 22.4 Å². The largest absolute Gasteiger partial charge is 0.347 e. The Hall–Kier alpha value is -2.17. The van der Waals surface area contributed by atoms with Gasteiger partial charge in [0.2, 0.25) is 5.91 Å². The Bertz CT molecular complexity index is 839. The minimum atomic E-state index is -0.128. The molecule has 0 aliphatic heterocycles. The van der Waals surface area contributed by atoms with Gasteiger partial charge in [0, 0.05) is 16.1 Å². The third-order valence-electron chi connectivity index (χ3n) is 3.85. The summed E-state index contributed by atoms with van der Waals surface area (Å²) in [5.74, 6) is 0.194. The van der Waals surface area contributed by atoms with E-state index in [4.69, 9.17) is 0 Å². The summed E-state index contributed by atoms with van der Waals surface area (Å²) < 4.78 is 0. The van der Waals surface area contributed by atoms with Crippen LogP contribution in [0.3, 0.4) is 0 Å². The standard InChI is InChI=1S/C19H21N3O2S2/c1-11(2)18(16-6-5-7-25-16)22-17(24)10-26-19-14(9-20)8-15(13(4)23)12(3)21-19/h5-8,11,18H,10H2,1-4H3,(H,22,24). The second-order valence-corrected chi connectivity index (χ2v) is 8.18. The number of hydrogen-bond donors (Lipinski definition) is 1. The number of amides is 1. The Morgan fingerprint density at radius 1 is 1.42 bits per heavy atom. The van der Waals surface area contributed by atoms with E-state index in [2.05, 4.69) is 30.2 Å². The zero-order valence-corrected chi connectivity index (χ0v) is 16.8. The number of aryl methyl sites for hydroxylation is 1. The van der Waals surface area contributed by atoms with Crippen molar-refractivity contribution in [2.24, 2.45) is 5.92 Å². The molecule has 2 rings (SSSR count). The van der Waals surface area contributed by atoms with Gasteiger partial charge >= 0.3 is 0 Å². The number of aromatic nitrogens is 1. The maximum Gasteiger partial charge on any atom is 0.230 e. The van der Waals surface area contributed by atoms with E-state index in [0.717, 1.165) is 4.88 Å². The highest BCUT2D eigenvalue weighted by molar-refractivity contribution is 8.00. The zero-order chi connectivity index (χ0) is 19.3. The number of pyridine rings is 1. The van der Waals surface area contributed by atoms with Gasteiger partial charge in [0.15, 0.2) is 5.78 Å². The van der Waals surface area contributed by atoms with Gasteiger partial charge in [-0.2, -0.15) is 5.26 Å². The summed E-state index contributed by atoms with van der Waals surface area (Å²) in [7, 11) is 0. The highest BCUT2D eigenvalue weighted by Gasteiger charge is 2.20. The normalized spacial score (nSPS) is 11.8. The van der Waals surface area contributed by atoms with Gasteiger partial charge in [-0.15, -0.1) is 11.3 Å². The van der Waals surface area contributed by atoms with Gasteiger partial charge in [-0.1, -0.05) is 31.7 Å². The number of rotatable bonds is 7. The van der Waals surface area contributed by atoms with Gasteiger partial charge < -0.3 is 5.32 Å². The summed E-state index contributed by atoms with van der Waals surface area (Å²) in [6.45, 7) is 7.31. The maximum atomic E-state index is 12.4. The van der Waals surface area contributed by atoms with Crippen molar-refractivity contribution in [1.82, 2.24) is 10.3 Å². The predicted octanol–water partition coefficient (Wildman–Crippen LogP) is 4.13. The van der Waals surface area contributed by atoms with Crippen LogP contribution in [-0.2, 0) is 4.79 Å². The monoisotopic (exact) mass is 387 g/mol. The topological polar surface area (TPSA) is 82.8 Å². The van der Waals surface area contributed by atoms with Gasteiger partial charge in [-0.05, 0) is 37.3 Å². The molecule has 1 unspecified atom stereocenters. The molecule has 2 aromatic rings. The lowest BCUT2D eigenvalue weighted by molar-refractivity contribution is -0.119. The third kappa shape index (κ3) is 4.93. The number of thiophene rings is 1. The first-order valence-electron chi connectivity index (χ1n) is 8.21. The highest BCUT2D eigenvalue weighted by Crippen LogP contribution is 2.27. The fourth-order valence-corrected chi connectivity index (χ4v) is 4.28. The molecule has 2 aromatic heterocycles. The number of nitrogens with zero attached hydrogens (tertiary/aromatic N) is 2. The van der Waals surface area contributed by atoms with Crippen LogP contribution in [0.4, 0.5) is 0 Å². The van der Waals surface area contributed by atoms with Crippen LogP contribution in [0.1, 0.15) is 53.3 Å². The smallest absolute Gasteiger partial charge is 0.230 e. The molecule has 136 valence electrons. The first-order valence-corrected chi connectivity index (χ1v) is 10.1. The molecule has 0 fully saturated rings. The molecule has 0 saturated carbocycles. The molecule has 0 saturated heterocycles. The maximum absolute atomic E-state index is 12.4. The van der Waals surface area contributed by atoms with Crippen LogP contribution in [0.25, 0.3) is 0 Å². The van der Waals surface area contributed by atoms with E-state index in [1.165, 1.54) is 18.7 Å². The predicted molar refractivity (Wildman–Crippen MR) is 104 cm³/mol. The summed E-state index contributed by atoms with van der Waals surface area (Å²) in [4.78, 5) is 29.4. The Balaban J connectivity index is 2.08. The molecular weight excluding hydrogens is 366 g/mol. The molecule has 1 atom stereocenters. The second kappa shape index (κ2) is 8.97. The van der Waals surface area contributed by atoms with Gasteiger partial charge in [-0.3, -0.25) is 9.59 Å². The van der Waals surface area contributed by atoms with Crippen molar-refractivity contribution in [2.45, 2.75) is 38.8 Å². The number of nitrogens with one attached hydrogen (secondary N) is 1. The van der Waals surface area contributed by atoms with E-state index in [-0.39, 0.29) is 29.4 Å². The minimum Gasteiger partial charge on any atom is -0.347 e. The van der Waals surface area contributed by atoms with Crippen LogP contribution in [0.5, 0.6) is 0 Å². The Morgan fingerprint density at radius 2 is 2.15 bits per heavy atom. The van der Waals surface area contributed by atoms with Crippen molar-refractivity contribution < 1.29 is 9.59 Å². The molecule has 7 heteroatoms. The van der Waals surface area contributed by atoms with Crippen LogP contribution < -0.4 is 5.32 Å². The molecule has 0 aromatic carbocycles. The molecule has 1 amide bonds. The summed E-state index contributed by atoms with van der Waals surface area (Å²) in [5.41, 5.74) is 1.32. The molecule has 0 aliphatic carbocycles. The van der Waals surface area contributed by atoms with E-state index in [1.54, 1.807) is 24.3 Å². The van der Waals surface area contributed by atoms with Gasteiger partial charge in [-0.25, -0.2) is 4.98 Å². The Labute approximate surface area is 161 Å². The van der Waals surface area contributed by atoms with Crippen molar-refractivity contribution in [3.63, 3.8) is 0 Å². The molecule has 0 spiro atoms. The van der Waals surface area contributed by atoms with Gasteiger partial charge in [0.1, 0.15) is 11.1 Å². The molecule has 26 heavy (non-hydrogen) atoms. The van der Waals surface area contributed by atoms with E-state index in [9.17, 15) is 14.9 Å². The minimum absolute atomic E-state index is 0.0340. The number of Topliss-reactive ketones (excluding diaryl/α,β-unsaturated/α-hetero) is 1. The Morgan fingerprint density at radius 3 is 2.69 bits per heavy atom. The average molecular weight is 388 g/mol. The summed E-state index contributed by atoms with van der Waals surface area (Å²) in [6, 6.07) is 7.56. The first-order chi connectivity index (χ1) is 12.3. The molecular formula is C19H21N3O2S2. The molecule has 0 radical (unpaired) electrons.